The highest BCUT2D eigenvalue weighted by Gasteiger charge is 2.22. The molecule has 1 fully saturated rings. The van der Waals surface area contributed by atoms with E-state index in [2.05, 4.69) is 0 Å². The number of carbonyl (C=O) groups excluding carboxylic acids is 2. The van der Waals surface area contributed by atoms with Crippen LogP contribution in [0.25, 0.3) is 0 Å². The Kier molecular flexibility index (Phi) is 2.54. The molecule has 1 aliphatic carbocycles. The maximum Gasteiger partial charge on any atom is 0.224 e. The molecule has 0 bridgehead atoms. The van der Waals surface area contributed by atoms with Crippen LogP contribution in [0.1, 0.15) is 19.3 Å². The molecule has 0 saturated heterocycles. The Morgan fingerprint density at radius 1 is 1.36 bits per heavy atom. The Morgan fingerprint density at radius 2 is 2.09 bits per heavy atom. The summed E-state index contributed by atoms with van der Waals surface area (Å²) in [4.78, 5) is 21.8. The lowest BCUT2D eigenvalue weighted by Crippen LogP contribution is -2.21. The second kappa shape index (κ2) is 3.44. The van der Waals surface area contributed by atoms with Crippen molar-refractivity contribution in [1.82, 2.24) is 0 Å². The highest BCUT2D eigenvalue weighted by molar-refractivity contribution is 6.44. The maximum absolute atomic E-state index is 11.0. The van der Waals surface area contributed by atoms with Gasteiger partial charge in [0.15, 0.2) is 0 Å². The Hall–Kier alpha value is -0.960. The molecule has 0 aromatic heterocycles. The SMILES string of the molecule is O=C1CCC/C(=C/CO)C1=O. The molecule has 0 atom stereocenters. The zero-order valence-electron chi connectivity index (χ0n) is 6.17. The van der Waals surface area contributed by atoms with Crippen molar-refractivity contribution >= 4 is 11.6 Å². The second-order valence-corrected chi connectivity index (χ2v) is 2.52. The van der Waals surface area contributed by atoms with Crippen molar-refractivity contribution in [3.63, 3.8) is 0 Å². The number of allylic oxidation sites excluding steroid dienone is 1. The number of rotatable bonds is 1. The first kappa shape index (κ1) is 8.14. The van der Waals surface area contributed by atoms with Crippen LogP contribution in [-0.4, -0.2) is 23.3 Å². The lowest BCUT2D eigenvalue weighted by molar-refractivity contribution is -0.135. The standard InChI is InChI=1S/C8H10O3/c9-5-4-6-2-1-3-7(10)8(6)11/h4,9H,1-3,5H2/b6-4-. The third-order valence-corrected chi connectivity index (χ3v) is 1.73. The van der Waals surface area contributed by atoms with Crippen LogP contribution < -0.4 is 0 Å². The van der Waals surface area contributed by atoms with Crippen LogP contribution in [0.3, 0.4) is 0 Å². The van der Waals surface area contributed by atoms with E-state index < -0.39 is 5.78 Å². The molecule has 11 heavy (non-hydrogen) atoms. The number of Topliss-reactive ketones (excluding diaryl/α,β-unsaturated/α-hetero) is 2. The Morgan fingerprint density at radius 3 is 2.73 bits per heavy atom. The minimum absolute atomic E-state index is 0.158. The van der Waals surface area contributed by atoms with Gasteiger partial charge in [0.05, 0.1) is 6.61 Å². The predicted octanol–water partition coefficient (Wildman–Crippen LogP) is 0.227. The first-order valence-electron chi connectivity index (χ1n) is 3.63. The molecule has 1 saturated carbocycles. The molecule has 0 aromatic carbocycles. The number of hydrogen-bond acceptors (Lipinski definition) is 3. The molecular formula is C8H10O3. The van der Waals surface area contributed by atoms with Crippen LogP contribution in [0.5, 0.6) is 0 Å². The van der Waals surface area contributed by atoms with E-state index in [-0.39, 0.29) is 12.4 Å². The molecule has 0 aliphatic heterocycles. The zero-order valence-corrected chi connectivity index (χ0v) is 6.17. The summed E-state index contributed by atoms with van der Waals surface area (Å²) in [5, 5.41) is 8.48. The fraction of sp³-hybridized carbons (Fsp3) is 0.500. The first-order valence-corrected chi connectivity index (χ1v) is 3.63. The van der Waals surface area contributed by atoms with Gasteiger partial charge in [-0.25, -0.2) is 0 Å². The maximum atomic E-state index is 11.0. The number of hydrogen-bond donors (Lipinski definition) is 1. The van der Waals surface area contributed by atoms with E-state index in [0.717, 1.165) is 6.42 Å². The zero-order chi connectivity index (χ0) is 8.27. The van der Waals surface area contributed by atoms with E-state index >= 15 is 0 Å². The van der Waals surface area contributed by atoms with Gasteiger partial charge >= 0.3 is 0 Å². The minimum atomic E-state index is -0.412. The smallest absolute Gasteiger partial charge is 0.224 e. The monoisotopic (exact) mass is 154 g/mol. The van der Waals surface area contributed by atoms with Crippen LogP contribution in [0.2, 0.25) is 0 Å². The average molecular weight is 154 g/mol. The quantitative estimate of drug-likeness (QED) is 0.434. The molecule has 1 aliphatic rings. The molecular weight excluding hydrogens is 144 g/mol. The highest BCUT2D eigenvalue weighted by Crippen LogP contribution is 2.16. The van der Waals surface area contributed by atoms with Gasteiger partial charge in [-0.2, -0.15) is 0 Å². The van der Waals surface area contributed by atoms with E-state index in [0.29, 0.717) is 18.4 Å². The summed E-state index contributed by atoms with van der Waals surface area (Å²) >= 11 is 0. The van der Waals surface area contributed by atoms with Crippen molar-refractivity contribution < 1.29 is 14.7 Å². The van der Waals surface area contributed by atoms with Gasteiger partial charge in [0.2, 0.25) is 11.6 Å². The fourth-order valence-corrected chi connectivity index (χ4v) is 1.15. The van der Waals surface area contributed by atoms with Crippen molar-refractivity contribution in [2.45, 2.75) is 19.3 Å². The fourth-order valence-electron chi connectivity index (χ4n) is 1.15. The summed E-state index contributed by atoms with van der Waals surface area (Å²) < 4.78 is 0. The van der Waals surface area contributed by atoms with Crippen LogP contribution >= 0.6 is 0 Å². The number of ketones is 2. The van der Waals surface area contributed by atoms with Gasteiger partial charge < -0.3 is 5.11 Å². The molecule has 1 rings (SSSR count). The summed E-state index contributed by atoms with van der Waals surface area (Å²) in [5.74, 6) is -0.735. The van der Waals surface area contributed by atoms with Gasteiger partial charge in [0.1, 0.15) is 0 Å². The van der Waals surface area contributed by atoms with E-state index in [1.54, 1.807) is 0 Å². The average Bonchev–Trinajstić information content (AvgIpc) is 1.99. The second-order valence-electron chi connectivity index (χ2n) is 2.52. The van der Waals surface area contributed by atoms with Crippen molar-refractivity contribution in [2.24, 2.45) is 0 Å². The molecule has 0 amide bonds. The summed E-state index contributed by atoms with van der Waals surface area (Å²) in [6.45, 7) is -0.158. The van der Waals surface area contributed by atoms with Gasteiger partial charge in [-0.15, -0.1) is 0 Å². The third-order valence-electron chi connectivity index (χ3n) is 1.73. The molecule has 0 spiro atoms. The van der Waals surface area contributed by atoms with Crippen LogP contribution in [0.15, 0.2) is 11.6 Å². The summed E-state index contributed by atoms with van der Waals surface area (Å²) in [6.07, 6.45) is 3.14. The topological polar surface area (TPSA) is 54.4 Å². The van der Waals surface area contributed by atoms with Crippen LogP contribution in [0, 0.1) is 0 Å². The number of aliphatic hydroxyl groups excluding tert-OH is 1. The number of carbonyl (C=O) groups is 2. The highest BCUT2D eigenvalue weighted by atomic mass is 16.2. The first-order chi connectivity index (χ1) is 5.25. The number of aliphatic hydroxyl groups is 1. The van der Waals surface area contributed by atoms with Gasteiger partial charge in [-0.3, -0.25) is 9.59 Å². The molecule has 0 aromatic rings. The Labute approximate surface area is 64.7 Å². The van der Waals surface area contributed by atoms with Crippen molar-refractivity contribution in [3.8, 4) is 0 Å². The summed E-state index contributed by atoms with van der Waals surface area (Å²) in [7, 11) is 0. The molecule has 60 valence electrons. The Bertz CT molecular complexity index is 215. The minimum Gasteiger partial charge on any atom is -0.392 e. The lowest BCUT2D eigenvalue weighted by atomic mass is 9.92. The predicted molar refractivity (Wildman–Crippen MR) is 39.0 cm³/mol. The lowest BCUT2D eigenvalue weighted by Gasteiger charge is -2.10. The summed E-state index contributed by atoms with van der Waals surface area (Å²) in [5.41, 5.74) is 0.476. The molecule has 0 unspecified atom stereocenters. The van der Waals surface area contributed by atoms with Gasteiger partial charge in [-0.05, 0) is 12.8 Å². The van der Waals surface area contributed by atoms with E-state index in [1.807, 2.05) is 0 Å². The third kappa shape index (κ3) is 1.74. The van der Waals surface area contributed by atoms with Crippen molar-refractivity contribution in [1.29, 1.82) is 0 Å². The van der Waals surface area contributed by atoms with E-state index in [1.165, 1.54) is 6.08 Å². The van der Waals surface area contributed by atoms with Crippen molar-refractivity contribution in [3.05, 3.63) is 11.6 Å². The van der Waals surface area contributed by atoms with Crippen molar-refractivity contribution in [2.75, 3.05) is 6.61 Å². The normalized spacial score (nSPS) is 22.8. The van der Waals surface area contributed by atoms with Gasteiger partial charge in [0, 0.05) is 12.0 Å². The molecule has 3 nitrogen and oxygen atoms in total. The molecule has 3 heteroatoms. The van der Waals surface area contributed by atoms with Crippen LogP contribution in [0.4, 0.5) is 0 Å². The molecule has 1 N–H and O–H groups in total. The Balaban J connectivity index is 2.74. The van der Waals surface area contributed by atoms with Gasteiger partial charge in [-0.1, -0.05) is 6.08 Å². The summed E-state index contributed by atoms with van der Waals surface area (Å²) in [6, 6.07) is 0. The largest absolute Gasteiger partial charge is 0.392 e. The van der Waals surface area contributed by atoms with E-state index in [4.69, 9.17) is 5.11 Å². The van der Waals surface area contributed by atoms with Gasteiger partial charge in [0.25, 0.3) is 0 Å². The molecule has 0 radical (unpaired) electrons. The van der Waals surface area contributed by atoms with Crippen LogP contribution in [-0.2, 0) is 9.59 Å². The molecule has 0 heterocycles. The van der Waals surface area contributed by atoms with E-state index in [9.17, 15) is 9.59 Å².